The summed E-state index contributed by atoms with van der Waals surface area (Å²) >= 11 is 6.14. The van der Waals surface area contributed by atoms with E-state index in [9.17, 15) is 4.79 Å². The fraction of sp³-hybridized carbons (Fsp3) is 0.412. The van der Waals surface area contributed by atoms with Crippen LogP contribution in [0.5, 0.6) is 0 Å². The smallest absolute Gasteiger partial charge is 0.273 e. The van der Waals surface area contributed by atoms with E-state index in [4.69, 9.17) is 16.1 Å². The van der Waals surface area contributed by atoms with Gasteiger partial charge in [-0.3, -0.25) is 4.79 Å². The summed E-state index contributed by atoms with van der Waals surface area (Å²) in [7, 11) is 0. The predicted molar refractivity (Wildman–Crippen MR) is 89.5 cm³/mol. The molecule has 2 heterocycles. The minimum atomic E-state index is -0.210. The van der Waals surface area contributed by atoms with Crippen molar-refractivity contribution in [3.63, 3.8) is 0 Å². The van der Waals surface area contributed by atoms with Gasteiger partial charge in [0.25, 0.3) is 5.91 Å². The zero-order valence-corrected chi connectivity index (χ0v) is 13.8. The molecule has 0 unspecified atom stereocenters. The van der Waals surface area contributed by atoms with Crippen LogP contribution in [0.1, 0.15) is 30.3 Å². The Balaban J connectivity index is 1.68. The second kappa shape index (κ2) is 7.15. The number of rotatable bonds is 4. The van der Waals surface area contributed by atoms with E-state index < -0.39 is 0 Å². The highest BCUT2D eigenvalue weighted by molar-refractivity contribution is 6.33. The number of carbonyl (C=O) groups is 1. The van der Waals surface area contributed by atoms with E-state index in [0.717, 1.165) is 31.5 Å². The van der Waals surface area contributed by atoms with Gasteiger partial charge in [-0.05, 0) is 50.9 Å². The molecule has 0 radical (unpaired) electrons. The fourth-order valence-electron chi connectivity index (χ4n) is 2.91. The van der Waals surface area contributed by atoms with Crippen molar-refractivity contribution in [3.8, 4) is 11.3 Å². The number of amides is 1. The zero-order valence-electron chi connectivity index (χ0n) is 13.0. The lowest BCUT2D eigenvalue weighted by Gasteiger charge is -2.28. The number of carbonyl (C=O) groups excluding carboxylic acids is 1. The van der Waals surface area contributed by atoms with E-state index in [1.54, 1.807) is 12.1 Å². The topological polar surface area (TPSA) is 67.2 Å². The summed E-state index contributed by atoms with van der Waals surface area (Å²) in [5.74, 6) is 0.781. The van der Waals surface area contributed by atoms with E-state index in [1.807, 2.05) is 25.1 Å². The molecule has 1 aliphatic rings. The van der Waals surface area contributed by atoms with Crippen LogP contribution in [0.2, 0.25) is 5.02 Å². The summed E-state index contributed by atoms with van der Waals surface area (Å²) in [5, 5.41) is 10.8. The van der Waals surface area contributed by atoms with E-state index in [0.29, 0.717) is 16.7 Å². The first-order chi connectivity index (χ1) is 11.1. The van der Waals surface area contributed by atoms with Crippen LogP contribution in [-0.4, -0.2) is 30.2 Å². The molecule has 1 atom stereocenters. The molecule has 0 saturated carbocycles. The predicted octanol–water partition coefficient (Wildman–Crippen LogP) is 3.11. The van der Waals surface area contributed by atoms with Crippen LogP contribution in [0.25, 0.3) is 11.3 Å². The van der Waals surface area contributed by atoms with Gasteiger partial charge in [-0.25, -0.2) is 0 Å². The molecule has 5 nitrogen and oxygen atoms in total. The van der Waals surface area contributed by atoms with E-state index in [-0.39, 0.29) is 17.6 Å². The molecule has 0 spiro atoms. The summed E-state index contributed by atoms with van der Waals surface area (Å²) in [6, 6.07) is 9.07. The van der Waals surface area contributed by atoms with Crippen molar-refractivity contribution >= 4 is 17.5 Å². The molecule has 6 heteroatoms. The molecule has 122 valence electrons. The van der Waals surface area contributed by atoms with E-state index in [1.165, 1.54) is 0 Å². The molecule has 0 bridgehead atoms. The molecular weight excluding hydrogens is 314 g/mol. The highest BCUT2D eigenvalue weighted by atomic mass is 35.5. The van der Waals surface area contributed by atoms with Gasteiger partial charge in [0.2, 0.25) is 0 Å². The third kappa shape index (κ3) is 3.74. The molecular formula is C17H20ClN3O2. The SMILES string of the molecule is C[C@H](NC(=O)c1cc(-c2ccccc2Cl)on1)C1CCNCC1. The van der Waals surface area contributed by atoms with Gasteiger partial charge in [-0.15, -0.1) is 0 Å². The lowest BCUT2D eigenvalue weighted by molar-refractivity contribution is 0.0911. The number of nitrogens with zero attached hydrogens (tertiary/aromatic N) is 1. The molecule has 1 amide bonds. The lowest BCUT2D eigenvalue weighted by atomic mass is 9.91. The van der Waals surface area contributed by atoms with Crippen LogP contribution in [0, 0.1) is 5.92 Å². The molecule has 2 aromatic rings. The van der Waals surface area contributed by atoms with Gasteiger partial charge in [0.05, 0.1) is 5.02 Å². The van der Waals surface area contributed by atoms with Gasteiger partial charge in [0.1, 0.15) is 0 Å². The van der Waals surface area contributed by atoms with Gasteiger partial charge in [0, 0.05) is 17.7 Å². The summed E-state index contributed by atoms with van der Waals surface area (Å²) in [5.41, 5.74) is 1.01. The molecule has 3 rings (SSSR count). The average Bonchev–Trinajstić information content (AvgIpc) is 3.06. The van der Waals surface area contributed by atoms with Crippen LogP contribution < -0.4 is 10.6 Å². The zero-order chi connectivity index (χ0) is 16.2. The van der Waals surface area contributed by atoms with E-state index >= 15 is 0 Å². The molecule has 1 saturated heterocycles. The fourth-order valence-corrected chi connectivity index (χ4v) is 3.14. The summed E-state index contributed by atoms with van der Waals surface area (Å²) < 4.78 is 5.27. The highest BCUT2D eigenvalue weighted by Crippen LogP contribution is 2.28. The molecule has 23 heavy (non-hydrogen) atoms. The maximum atomic E-state index is 12.3. The van der Waals surface area contributed by atoms with Crippen molar-refractivity contribution in [1.82, 2.24) is 15.8 Å². The number of hydrogen-bond acceptors (Lipinski definition) is 4. The second-order valence-electron chi connectivity index (χ2n) is 5.91. The van der Waals surface area contributed by atoms with Crippen molar-refractivity contribution in [3.05, 3.63) is 41.0 Å². The van der Waals surface area contributed by atoms with Crippen molar-refractivity contribution in [2.75, 3.05) is 13.1 Å². The molecule has 0 aliphatic carbocycles. The quantitative estimate of drug-likeness (QED) is 0.902. The summed E-state index contributed by atoms with van der Waals surface area (Å²) in [4.78, 5) is 12.3. The van der Waals surface area contributed by atoms with E-state index in [2.05, 4.69) is 15.8 Å². The third-order valence-corrected chi connectivity index (χ3v) is 4.66. The first-order valence-corrected chi connectivity index (χ1v) is 8.26. The number of aromatic nitrogens is 1. The number of hydrogen-bond donors (Lipinski definition) is 2. The Labute approximate surface area is 140 Å². The van der Waals surface area contributed by atoms with Gasteiger partial charge in [-0.1, -0.05) is 28.9 Å². The third-order valence-electron chi connectivity index (χ3n) is 4.33. The first kappa shape index (κ1) is 16.0. The highest BCUT2D eigenvalue weighted by Gasteiger charge is 2.23. The average molecular weight is 334 g/mol. The van der Waals surface area contributed by atoms with Crippen LogP contribution in [0.4, 0.5) is 0 Å². The molecule has 1 aromatic heterocycles. The number of halogens is 1. The van der Waals surface area contributed by atoms with Crippen molar-refractivity contribution in [2.24, 2.45) is 5.92 Å². The summed E-state index contributed by atoms with van der Waals surface area (Å²) in [6.45, 7) is 4.06. The summed E-state index contributed by atoms with van der Waals surface area (Å²) in [6.07, 6.45) is 2.15. The Morgan fingerprint density at radius 3 is 2.87 bits per heavy atom. The van der Waals surface area contributed by atoms with Gasteiger partial charge in [-0.2, -0.15) is 0 Å². The van der Waals surface area contributed by atoms with Crippen LogP contribution in [0.15, 0.2) is 34.9 Å². The Kier molecular flexibility index (Phi) is 4.98. The van der Waals surface area contributed by atoms with Gasteiger partial charge in [0.15, 0.2) is 11.5 Å². The maximum absolute atomic E-state index is 12.3. The minimum Gasteiger partial charge on any atom is -0.355 e. The Hall–Kier alpha value is -1.85. The Morgan fingerprint density at radius 2 is 2.13 bits per heavy atom. The molecule has 1 aromatic carbocycles. The van der Waals surface area contributed by atoms with Crippen LogP contribution in [-0.2, 0) is 0 Å². The van der Waals surface area contributed by atoms with Gasteiger partial charge < -0.3 is 15.2 Å². The molecule has 1 fully saturated rings. The molecule has 1 aliphatic heterocycles. The second-order valence-corrected chi connectivity index (χ2v) is 6.31. The van der Waals surface area contributed by atoms with Crippen molar-refractivity contribution in [2.45, 2.75) is 25.8 Å². The Morgan fingerprint density at radius 1 is 1.39 bits per heavy atom. The van der Waals surface area contributed by atoms with Crippen molar-refractivity contribution < 1.29 is 9.32 Å². The number of nitrogens with one attached hydrogen (secondary N) is 2. The molecule has 2 N–H and O–H groups in total. The normalized spacial score (nSPS) is 17.0. The minimum absolute atomic E-state index is 0.116. The van der Waals surface area contributed by atoms with Crippen molar-refractivity contribution in [1.29, 1.82) is 0 Å². The lowest BCUT2D eigenvalue weighted by Crippen LogP contribution is -2.42. The Bertz CT molecular complexity index is 680. The number of benzene rings is 1. The van der Waals surface area contributed by atoms with Gasteiger partial charge >= 0.3 is 0 Å². The van der Waals surface area contributed by atoms with Crippen LogP contribution >= 0.6 is 11.6 Å². The first-order valence-electron chi connectivity index (χ1n) is 7.88. The maximum Gasteiger partial charge on any atom is 0.273 e. The standard InChI is InChI=1S/C17H20ClN3O2/c1-11(12-6-8-19-9-7-12)20-17(22)15-10-16(23-21-15)13-4-2-3-5-14(13)18/h2-5,10-12,19H,6-9H2,1H3,(H,20,22)/t11-/m0/s1. The number of piperidine rings is 1. The monoisotopic (exact) mass is 333 g/mol. The van der Waals surface area contributed by atoms with Crippen LogP contribution in [0.3, 0.4) is 0 Å². The largest absolute Gasteiger partial charge is 0.355 e.